The lowest BCUT2D eigenvalue weighted by atomic mass is 10.2. The van der Waals surface area contributed by atoms with Gasteiger partial charge < -0.3 is 10.1 Å². The lowest BCUT2D eigenvalue weighted by molar-refractivity contribution is 0.0946. The molecule has 0 bridgehead atoms. The molecule has 0 spiro atoms. The Morgan fingerprint density at radius 2 is 2.03 bits per heavy atom. The third-order valence-electron chi connectivity index (χ3n) is 5.11. The third-order valence-corrected chi connectivity index (χ3v) is 5.42. The molecule has 3 heterocycles. The van der Waals surface area contributed by atoms with Crippen molar-refractivity contribution >= 4 is 17.5 Å². The molecule has 1 fully saturated rings. The minimum Gasteiger partial charge on any atom is -0.474 e. The van der Waals surface area contributed by atoms with Crippen LogP contribution in [-0.2, 0) is 6.54 Å². The molecule has 156 valence electrons. The highest BCUT2D eigenvalue weighted by atomic mass is 35.5. The zero-order valence-corrected chi connectivity index (χ0v) is 17.8. The fourth-order valence-corrected chi connectivity index (χ4v) is 3.79. The molecule has 1 aliphatic rings. The molecule has 0 saturated heterocycles. The molecule has 1 saturated carbocycles. The van der Waals surface area contributed by atoms with Crippen LogP contribution in [0.4, 0.5) is 0 Å². The summed E-state index contributed by atoms with van der Waals surface area (Å²) in [5.74, 6) is 0.819. The Morgan fingerprint density at radius 3 is 2.70 bits per heavy atom. The molecule has 30 heavy (non-hydrogen) atoms. The molecule has 0 aliphatic heterocycles. The van der Waals surface area contributed by atoms with Crippen molar-refractivity contribution in [3.63, 3.8) is 0 Å². The Kier molecular flexibility index (Phi) is 5.99. The summed E-state index contributed by atoms with van der Waals surface area (Å²) < 4.78 is 7.56. The van der Waals surface area contributed by atoms with E-state index in [1.165, 1.54) is 12.8 Å². The number of carbonyl (C=O) groups is 1. The first kappa shape index (κ1) is 20.3. The molecule has 3 aromatic rings. The number of nitrogens with one attached hydrogen (secondary N) is 1. The van der Waals surface area contributed by atoms with Gasteiger partial charge in [0.25, 0.3) is 5.91 Å². The summed E-state index contributed by atoms with van der Waals surface area (Å²) in [5, 5.41) is 7.55. The van der Waals surface area contributed by atoms with E-state index in [2.05, 4.69) is 20.4 Å². The van der Waals surface area contributed by atoms with Crippen LogP contribution in [0.25, 0.3) is 5.82 Å². The van der Waals surface area contributed by atoms with Crippen molar-refractivity contribution in [1.29, 1.82) is 0 Å². The molecule has 0 atom stereocenters. The molecular weight excluding hydrogens is 402 g/mol. The summed E-state index contributed by atoms with van der Waals surface area (Å²) in [7, 11) is 0. The van der Waals surface area contributed by atoms with Gasteiger partial charge in [0.05, 0.1) is 10.7 Å². The zero-order valence-electron chi connectivity index (χ0n) is 17.1. The van der Waals surface area contributed by atoms with E-state index in [1.54, 1.807) is 23.0 Å². The van der Waals surface area contributed by atoms with E-state index in [4.69, 9.17) is 16.3 Å². The number of amides is 1. The van der Waals surface area contributed by atoms with Crippen molar-refractivity contribution in [3.8, 4) is 11.7 Å². The van der Waals surface area contributed by atoms with Crippen molar-refractivity contribution in [2.24, 2.45) is 0 Å². The van der Waals surface area contributed by atoms with E-state index in [1.807, 2.05) is 32.0 Å². The van der Waals surface area contributed by atoms with Crippen LogP contribution in [0.15, 0.2) is 36.5 Å². The Balaban J connectivity index is 1.41. The molecule has 0 unspecified atom stereocenters. The van der Waals surface area contributed by atoms with Gasteiger partial charge in [-0.2, -0.15) is 5.10 Å². The average Bonchev–Trinajstić information content (AvgIpc) is 3.36. The number of aryl methyl sites for hydroxylation is 2. The van der Waals surface area contributed by atoms with Crippen LogP contribution in [0.3, 0.4) is 0 Å². The lowest BCUT2D eigenvalue weighted by Gasteiger charge is -2.12. The maximum absolute atomic E-state index is 12.7. The molecular formula is C22H24ClN5O2. The minimum atomic E-state index is -0.352. The second kappa shape index (κ2) is 8.83. The van der Waals surface area contributed by atoms with Crippen LogP contribution < -0.4 is 10.1 Å². The topological polar surface area (TPSA) is 81.9 Å². The normalized spacial score (nSPS) is 14.1. The molecule has 1 N–H and O–H groups in total. The van der Waals surface area contributed by atoms with Crippen LogP contribution >= 0.6 is 11.6 Å². The highest BCUT2D eigenvalue weighted by Crippen LogP contribution is 2.23. The van der Waals surface area contributed by atoms with Crippen molar-refractivity contribution in [2.45, 2.75) is 52.2 Å². The Labute approximate surface area is 180 Å². The van der Waals surface area contributed by atoms with Gasteiger partial charge in [-0.05, 0) is 63.3 Å². The highest BCUT2D eigenvalue weighted by molar-refractivity contribution is 6.33. The number of aromatic nitrogens is 4. The van der Waals surface area contributed by atoms with E-state index in [-0.39, 0.29) is 22.7 Å². The van der Waals surface area contributed by atoms with E-state index >= 15 is 0 Å². The van der Waals surface area contributed by atoms with E-state index in [0.717, 1.165) is 29.8 Å². The van der Waals surface area contributed by atoms with Gasteiger partial charge >= 0.3 is 0 Å². The molecule has 3 aromatic heterocycles. The number of rotatable bonds is 6. The molecule has 1 amide bonds. The van der Waals surface area contributed by atoms with Gasteiger partial charge in [-0.25, -0.2) is 14.6 Å². The van der Waals surface area contributed by atoms with Gasteiger partial charge in [-0.15, -0.1) is 0 Å². The molecule has 8 heteroatoms. The smallest absolute Gasteiger partial charge is 0.271 e. The number of carbonyl (C=O) groups excluding carboxylic acids is 1. The van der Waals surface area contributed by atoms with Crippen molar-refractivity contribution < 1.29 is 9.53 Å². The van der Waals surface area contributed by atoms with E-state index < -0.39 is 0 Å². The number of hydrogen-bond acceptors (Lipinski definition) is 5. The van der Waals surface area contributed by atoms with Crippen LogP contribution in [-0.4, -0.2) is 31.8 Å². The maximum atomic E-state index is 12.7. The quantitative estimate of drug-likeness (QED) is 0.640. The summed E-state index contributed by atoms with van der Waals surface area (Å²) >= 11 is 6.23. The second-order valence-corrected chi connectivity index (χ2v) is 7.96. The Morgan fingerprint density at radius 1 is 1.23 bits per heavy atom. The third kappa shape index (κ3) is 4.62. The molecule has 0 radical (unpaired) electrons. The van der Waals surface area contributed by atoms with Crippen LogP contribution in [0.2, 0.25) is 5.02 Å². The van der Waals surface area contributed by atoms with Crippen LogP contribution in [0.1, 0.15) is 53.1 Å². The first-order valence-electron chi connectivity index (χ1n) is 10.1. The zero-order chi connectivity index (χ0) is 21.1. The number of halogens is 1. The summed E-state index contributed by atoms with van der Waals surface area (Å²) in [6.45, 7) is 4.16. The van der Waals surface area contributed by atoms with Gasteiger partial charge in [-0.3, -0.25) is 4.79 Å². The first-order chi connectivity index (χ1) is 14.5. The summed E-state index contributed by atoms with van der Waals surface area (Å²) in [5.41, 5.74) is 2.84. The largest absolute Gasteiger partial charge is 0.474 e. The van der Waals surface area contributed by atoms with Gasteiger partial charge in [-0.1, -0.05) is 17.7 Å². The van der Waals surface area contributed by atoms with Gasteiger partial charge in [0, 0.05) is 24.5 Å². The van der Waals surface area contributed by atoms with Gasteiger partial charge in [0.15, 0.2) is 5.82 Å². The molecule has 4 rings (SSSR count). The Bertz CT molecular complexity index is 1040. The monoisotopic (exact) mass is 425 g/mol. The van der Waals surface area contributed by atoms with E-state index in [0.29, 0.717) is 18.2 Å². The summed E-state index contributed by atoms with van der Waals surface area (Å²) in [4.78, 5) is 21.4. The van der Waals surface area contributed by atoms with Crippen molar-refractivity contribution in [2.75, 3.05) is 0 Å². The second-order valence-electron chi connectivity index (χ2n) is 7.55. The number of pyridine rings is 2. The highest BCUT2D eigenvalue weighted by Gasteiger charge is 2.17. The molecule has 0 aromatic carbocycles. The molecule has 1 aliphatic carbocycles. The first-order valence-corrected chi connectivity index (χ1v) is 10.5. The lowest BCUT2D eigenvalue weighted by Crippen LogP contribution is -2.25. The van der Waals surface area contributed by atoms with Gasteiger partial charge in [0.2, 0.25) is 5.88 Å². The summed E-state index contributed by atoms with van der Waals surface area (Å²) in [6.07, 6.45) is 6.59. The number of hydrogen-bond donors (Lipinski definition) is 1. The van der Waals surface area contributed by atoms with Gasteiger partial charge in [0.1, 0.15) is 11.8 Å². The standard InChI is InChI=1S/C22H24ClN5O2/c1-14-11-15(2)28(27-14)19-9-8-18(23)21(26-19)22(29)25-13-16-7-10-20(24-12-16)30-17-5-3-4-6-17/h7-12,17H,3-6,13H2,1-2H3,(H,25,29). The minimum absolute atomic E-state index is 0.163. The molecule has 7 nitrogen and oxygen atoms in total. The number of ether oxygens (including phenoxy) is 1. The van der Waals surface area contributed by atoms with E-state index in [9.17, 15) is 4.79 Å². The summed E-state index contributed by atoms with van der Waals surface area (Å²) in [6, 6.07) is 9.09. The Hall–Kier alpha value is -2.93. The SMILES string of the molecule is Cc1cc(C)n(-c2ccc(Cl)c(C(=O)NCc3ccc(OC4CCCC4)nc3)n2)n1. The number of nitrogens with zero attached hydrogens (tertiary/aromatic N) is 4. The van der Waals surface area contributed by atoms with Crippen LogP contribution in [0.5, 0.6) is 5.88 Å². The predicted molar refractivity (Wildman–Crippen MR) is 114 cm³/mol. The predicted octanol–water partition coefficient (Wildman–Crippen LogP) is 4.18. The van der Waals surface area contributed by atoms with Crippen molar-refractivity contribution in [3.05, 3.63) is 64.2 Å². The van der Waals surface area contributed by atoms with Crippen molar-refractivity contribution in [1.82, 2.24) is 25.1 Å². The maximum Gasteiger partial charge on any atom is 0.271 e. The fraction of sp³-hybridized carbons (Fsp3) is 0.364. The average molecular weight is 426 g/mol. The van der Waals surface area contributed by atoms with Crippen LogP contribution in [0, 0.1) is 13.8 Å². The fourth-order valence-electron chi connectivity index (χ4n) is 3.60.